The molecule has 2 aromatic carbocycles. The van der Waals surface area contributed by atoms with Gasteiger partial charge in [-0.25, -0.2) is 4.98 Å². The van der Waals surface area contributed by atoms with E-state index in [1.165, 1.54) is 5.56 Å². The molecule has 1 heterocycles. The predicted molar refractivity (Wildman–Crippen MR) is 115 cm³/mol. The second-order valence-corrected chi connectivity index (χ2v) is 6.61. The Bertz CT molecular complexity index is 863. The third-order valence-corrected chi connectivity index (χ3v) is 4.35. The van der Waals surface area contributed by atoms with Gasteiger partial charge in [-0.3, -0.25) is 4.99 Å². The van der Waals surface area contributed by atoms with Gasteiger partial charge in [-0.15, -0.1) is 0 Å². The zero-order chi connectivity index (χ0) is 20.2. The lowest BCUT2D eigenvalue weighted by Crippen LogP contribution is -2.37. The Balaban J connectivity index is 1.29. The van der Waals surface area contributed by atoms with Crippen molar-refractivity contribution in [3.8, 4) is 11.5 Å². The van der Waals surface area contributed by atoms with E-state index in [1.807, 2.05) is 48.5 Å². The van der Waals surface area contributed by atoms with Crippen molar-refractivity contribution in [3.05, 3.63) is 78.2 Å². The van der Waals surface area contributed by atoms with Crippen LogP contribution in [0.2, 0.25) is 0 Å². The second kappa shape index (κ2) is 11.7. The van der Waals surface area contributed by atoms with Gasteiger partial charge in [0.05, 0.1) is 18.8 Å². The van der Waals surface area contributed by atoms with Crippen molar-refractivity contribution in [1.29, 1.82) is 0 Å². The van der Waals surface area contributed by atoms with Crippen LogP contribution >= 0.6 is 0 Å². The molecule has 1 aromatic heterocycles. The number of guanidine groups is 1. The number of ether oxygens (including phenoxy) is 1. The Kier molecular flexibility index (Phi) is 8.29. The maximum absolute atomic E-state index is 5.70. The number of oxazole rings is 1. The molecule has 0 aliphatic rings. The maximum Gasteiger partial charge on any atom is 0.226 e. The third-order valence-electron chi connectivity index (χ3n) is 4.35. The van der Waals surface area contributed by atoms with Gasteiger partial charge in [0, 0.05) is 25.8 Å². The van der Waals surface area contributed by atoms with E-state index >= 15 is 0 Å². The molecule has 0 bridgehead atoms. The Hall–Kier alpha value is -3.12. The first-order valence-corrected chi connectivity index (χ1v) is 9.91. The SMILES string of the molecule is CN=C(NCCCCOCc1ccccc1)NCc1coc(-c2ccccc2)n1. The summed E-state index contributed by atoms with van der Waals surface area (Å²) >= 11 is 0. The van der Waals surface area contributed by atoms with Crippen LogP contribution in [0.5, 0.6) is 0 Å². The summed E-state index contributed by atoms with van der Waals surface area (Å²) in [5.74, 6) is 1.38. The standard InChI is InChI=1S/C23H28N4O2/c1-24-23(25-14-8-9-15-28-17-19-10-4-2-5-11-19)26-16-21-18-29-22(27-21)20-12-6-3-7-13-20/h2-7,10-13,18H,8-9,14-17H2,1H3,(H2,24,25,26). The highest BCUT2D eigenvalue weighted by Gasteiger charge is 2.06. The predicted octanol–water partition coefficient (Wildman–Crippen LogP) is 4.00. The van der Waals surface area contributed by atoms with Crippen LogP contribution in [0.25, 0.3) is 11.5 Å². The van der Waals surface area contributed by atoms with Gasteiger partial charge >= 0.3 is 0 Å². The molecule has 0 amide bonds. The Morgan fingerprint density at radius 3 is 2.52 bits per heavy atom. The fraction of sp³-hybridized carbons (Fsp3) is 0.304. The van der Waals surface area contributed by atoms with Crippen molar-refractivity contribution in [2.24, 2.45) is 4.99 Å². The van der Waals surface area contributed by atoms with Crippen LogP contribution in [0.1, 0.15) is 24.1 Å². The summed E-state index contributed by atoms with van der Waals surface area (Å²) in [7, 11) is 1.76. The van der Waals surface area contributed by atoms with Crippen LogP contribution in [0.3, 0.4) is 0 Å². The number of benzene rings is 2. The molecule has 6 nitrogen and oxygen atoms in total. The zero-order valence-electron chi connectivity index (χ0n) is 16.8. The molecule has 3 rings (SSSR count). The minimum Gasteiger partial charge on any atom is -0.444 e. The largest absolute Gasteiger partial charge is 0.444 e. The van der Waals surface area contributed by atoms with Crippen molar-refractivity contribution in [3.63, 3.8) is 0 Å². The highest BCUT2D eigenvalue weighted by molar-refractivity contribution is 5.79. The van der Waals surface area contributed by atoms with Crippen LogP contribution < -0.4 is 10.6 Å². The lowest BCUT2D eigenvalue weighted by molar-refractivity contribution is 0.117. The van der Waals surface area contributed by atoms with E-state index in [-0.39, 0.29) is 0 Å². The fourth-order valence-electron chi connectivity index (χ4n) is 2.80. The quantitative estimate of drug-likeness (QED) is 0.310. The summed E-state index contributed by atoms with van der Waals surface area (Å²) in [5.41, 5.74) is 3.01. The molecule has 0 aliphatic heterocycles. The zero-order valence-corrected chi connectivity index (χ0v) is 16.8. The molecular formula is C23H28N4O2. The van der Waals surface area contributed by atoms with Gasteiger partial charge in [0.15, 0.2) is 5.96 Å². The van der Waals surface area contributed by atoms with E-state index in [0.29, 0.717) is 19.0 Å². The fourth-order valence-corrected chi connectivity index (χ4v) is 2.80. The molecule has 152 valence electrons. The Morgan fingerprint density at radius 1 is 1.00 bits per heavy atom. The number of nitrogens with one attached hydrogen (secondary N) is 2. The first kappa shape index (κ1) is 20.6. The molecule has 0 radical (unpaired) electrons. The normalized spacial score (nSPS) is 11.4. The first-order chi connectivity index (χ1) is 14.3. The summed E-state index contributed by atoms with van der Waals surface area (Å²) in [4.78, 5) is 8.76. The molecule has 0 unspecified atom stereocenters. The average Bonchev–Trinajstić information content (AvgIpc) is 3.25. The molecule has 0 fully saturated rings. The first-order valence-electron chi connectivity index (χ1n) is 9.91. The number of unbranched alkanes of at least 4 members (excludes halogenated alkanes) is 1. The van der Waals surface area contributed by atoms with Crippen molar-refractivity contribution < 1.29 is 9.15 Å². The van der Waals surface area contributed by atoms with Crippen molar-refractivity contribution in [1.82, 2.24) is 15.6 Å². The lowest BCUT2D eigenvalue weighted by Gasteiger charge is -2.10. The molecule has 2 N–H and O–H groups in total. The van der Waals surface area contributed by atoms with Gasteiger partial charge in [0.25, 0.3) is 0 Å². The molecule has 0 spiro atoms. The van der Waals surface area contributed by atoms with Crippen molar-refractivity contribution >= 4 is 5.96 Å². The van der Waals surface area contributed by atoms with Gasteiger partial charge in [0.2, 0.25) is 5.89 Å². The minimum atomic E-state index is 0.552. The maximum atomic E-state index is 5.70. The topological polar surface area (TPSA) is 71.7 Å². The van der Waals surface area contributed by atoms with E-state index in [1.54, 1.807) is 13.3 Å². The molecule has 0 saturated heterocycles. The van der Waals surface area contributed by atoms with E-state index in [9.17, 15) is 0 Å². The van der Waals surface area contributed by atoms with E-state index < -0.39 is 0 Å². The van der Waals surface area contributed by atoms with Gasteiger partial charge < -0.3 is 19.8 Å². The van der Waals surface area contributed by atoms with Gasteiger partial charge in [-0.05, 0) is 30.5 Å². The van der Waals surface area contributed by atoms with Crippen molar-refractivity contribution in [2.45, 2.75) is 26.0 Å². The number of nitrogens with zero attached hydrogens (tertiary/aromatic N) is 2. The van der Waals surface area contributed by atoms with E-state index in [0.717, 1.165) is 43.2 Å². The smallest absolute Gasteiger partial charge is 0.226 e. The number of aliphatic imine (C=N–C) groups is 1. The van der Waals surface area contributed by atoms with Gasteiger partial charge in [-0.2, -0.15) is 0 Å². The number of aromatic nitrogens is 1. The Morgan fingerprint density at radius 2 is 1.76 bits per heavy atom. The van der Waals surface area contributed by atoms with Gasteiger partial charge in [-0.1, -0.05) is 48.5 Å². The molecule has 29 heavy (non-hydrogen) atoms. The number of rotatable bonds is 10. The molecule has 0 atom stereocenters. The van der Waals surface area contributed by atoms with Gasteiger partial charge in [0.1, 0.15) is 6.26 Å². The number of hydrogen-bond acceptors (Lipinski definition) is 4. The van der Waals surface area contributed by atoms with Crippen LogP contribution in [-0.4, -0.2) is 31.1 Å². The minimum absolute atomic E-state index is 0.552. The summed E-state index contributed by atoms with van der Waals surface area (Å²) in [6.45, 7) is 2.81. The summed E-state index contributed by atoms with van der Waals surface area (Å²) in [5, 5.41) is 6.57. The molecule has 6 heteroatoms. The molecular weight excluding hydrogens is 364 g/mol. The highest BCUT2D eigenvalue weighted by Crippen LogP contribution is 2.17. The van der Waals surface area contributed by atoms with Crippen molar-refractivity contribution in [2.75, 3.05) is 20.2 Å². The second-order valence-electron chi connectivity index (χ2n) is 6.61. The van der Waals surface area contributed by atoms with E-state index in [4.69, 9.17) is 9.15 Å². The third kappa shape index (κ3) is 7.08. The Labute approximate surface area is 172 Å². The monoisotopic (exact) mass is 392 g/mol. The van der Waals surface area contributed by atoms with E-state index in [2.05, 4.69) is 32.7 Å². The average molecular weight is 393 g/mol. The molecule has 3 aromatic rings. The van der Waals surface area contributed by atoms with Crippen LogP contribution in [0, 0.1) is 0 Å². The summed E-state index contributed by atoms with van der Waals surface area (Å²) < 4.78 is 11.3. The lowest BCUT2D eigenvalue weighted by atomic mass is 10.2. The molecule has 0 aliphatic carbocycles. The summed E-state index contributed by atoms with van der Waals surface area (Å²) in [6.07, 6.45) is 3.69. The molecule has 0 saturated carbocycles. The van der Waals surface area contributed by atoms with Crippen LogP contribution in [0.15, 0.2) is 76.3 Å². The summed E-state index contributed by atoms with van der Waals surface area (Å²) in [6, 6.07) is 20.1. The number of hydrogen-bond donors (Lipinski definition) is 2. The van der Waals surface area contributed by atoms with Crippen LogP contribution in [-0.2, 0) is 17.9 Å². The highest BCUT2D eigenvalue weighted by atomic mass is 16.5. The van der Waals surface area contributed by atoms with Crippen LogP contribution in [0.4, 0.5) is 0 Å².